The molecule has 10 aromatic rings. The monoisotopic (exact) mass is 818 g/mol. The van der Waals surface area contributed by atoms with Crippen LogP contribution in [0.3, 0.4) is 0 Å². The summed E-state index contributed by atoms with van der Waals surface area (Å²) in [7, 11) is 0. The minimum Gasteiger partial charge on any atom is -0.310 e. The second kappa shape index (κ2) is 17.3. The molecule has 2 heteroatoms. The summed E-state index contributed by atoms with van der Waals surface area (Å²) < 4.78 is 0. The maximum atomic E-state index is 2.41. The number of nitrogens with zero attached hydrogens (tertiary/aromatic N) is 2. The van der Waals surface area contributed by atoms with Crippen molar-refractivity contribution < 1.29 is 0 Å². The zero-order chi connectivity index (χ0) is 42.7. The first-order valence-corrected chi connectivity index (χ1v) is 22.2. The van der Waals surface area contributed by atoms with E-state index < -0.39 is 0 Å². The number of hydrogen-bond donors (Lipinski definition) is 0. The Hall–Kier alpha value is -8.20. The summed E-state index contributed by atoms with van der Waals surface area (Å²) in [5.74, 6) is 0. The molecule has 0 heterocycles. The van der Waals surface area contributed by atoms with Gasteiger partial charge in [-0.1, -0.05) is 182 Å². The molecule has 304 valence electrons. The number of rotatable bonds is 10. The Kier molecular flexibility index (Phi) is 10.5. The fourth-order valence-electron chi connectivity index (χ4n) is 9.43. The molecule has 0 N–H and O–H groups in total. The average molecular weight is 819 g/mol. The topological polar surface area (TPSA) is 6.48 Å². The van der Waals surface area contributed by atoms with Gasteiger partial charge in [0.25, 0.3) is 0 Å². The molecule has 0 fully saturated rings. The lowest BCUT2D eigenvalue weighted by atomic mass is 9.85. The predicted molar refractivity (Wildman–Crippen MR) is 273 cm³/mol. The normalized spacial score (nSPS) is 12.3. The Balaban J connectivity index is 1.14. The highest BCUT2D eigenvalue weighted by atomic mass is 15.1. The van der Waals surface area contributed by atoms with Crippen molar-refractivity contribution in [2.75, 3.05) is 9.80 Å². The zero-order valence-electron chi connectivity index (χ0n) is 35.6. The van der Waals surface area contributed by atoms with E-state index in [1.165, 1.54) is 66.1 Å². The van der Waals surface area contributed by atoms with Gasteiger partial charge in [-0.15, -0.1) is 0 Å². The molecular weight excluding hydrogens is 773 g/mol. The van der Waals surface area contributed by atoms with E-state index >= 15 is 0 Å². The number of para-hydroxylation sites is 2. The molecule has 0 aliphatic heterocycles. The van der Waals surface area contributed by atoms with Crippen LogP contribution in [0.4, 0.5) is 34.1 Å². The van der Waals surface area contributed by atoms with Crippen molar-refractivity contribution in [2.24, 2.45) is 0 Å². The maximum Gasteiger partial charge on any atom is 0.0468 e. The molecule has 0 radical (unpaired) electrons. The van der Waals surface area contributed by atoms with Crippen LogP contribution in [0.15, 0.2) is 255 Å². The lowest BCUT2D eigenvalue weighted by molar-refractivity contribution is 1.04. The first kappa shape index (κ1) is 38.7. The Bertz CT molecular complexity index is 3270. The summed E-state index contributed by atoms with van der Waals surface area (Å²) >= 11 is 0. The number of anilines is 6. The molecule has 1 aliphatic rings. The first-order valence-electron chi connectivity index (χ1n) is 22.2. The molecule has 1 aliphatic carbocycles. The van der Waals surface area contributed by atoms with Crippen LogP contribution < -0.4 is 9.80 Å². The van der Waals surface area contributed by atoms with Gasteiger partial charge in [-0.2, -0.15) is 0 Å². The van der Waals surface area contributed by atoms with E-state index in [1.54, 1.807) is 0 Å². The van der Waals surface area contributed by atoms with Crippen molar-refractivity contribution in [1.29, 1.82) is 0 Å². The highest BCUT2D eigenvalue weighted by molar-refractivity contribution is 6.22. The van der Waals surface area contributed by atoms with Crippen LogP contribution in [0.2, 0.25) is 0 Å². The third-order valence-corrected chi connectivity index (χ3v) is 12.4. The van der Waals surface area contributed by atoms with Gasteiger partial charge in [-0.25, -0.2) is 0 Å². The van der Waals surface area contributed by atoms with E-state index in [0.29, 0.717) is 0 Å². The zero-order valence-corrected chi connectivity index (χ0v) is 35.6. The molecule has 0 bridgehead atoms. The lowest BCUT2D eigenvalue weighted by Gasteiger charge is -2.28. The van der Waals surface area contributed by atoms with Crippen molar-refractivity contribution in [1.82, 2.24) is 0 Å². The van der Waals surface area contributed by atoms with Crippen molar-refractivity contribution >= 4 is 61.2 Å². The lowest BCUT2D eigenvalue weighted by Crippen LogP contribution is -2.10. The number of fused-ring (bicyclic) bond motifs is 2. The van der Waals surface area contributed by atoms with Crippen LogP contribution in [-0.2, 0) is 0 Å². The smallest absolute Gasteiger partial charge is 0.0468 e. The van der Waals surface area contributed by atoms with Crippen LogP contribution in [0.1, 0.15) is 18.4 Å². The molecule has 0 saturated carbocycles. The van der Waals surface area contributed by atoms with Gasteiger partial charge in [0.2, 0.25) is 0 Å². The van der Waals surface area contributed by atoms with Crippen molar-refractivity contribution in [3.05, 3.63) is 260 Å². The molecule has 0 aromatic heterocycles. The van der Waals surface area contributed by atoms with Crippen LogP contribution in [0.25, 0.3) is 60.5 Å². The van der Waals surface area contributed by atoms with Gasteiger partial charge in [0, 0.05) is 34.1 Å². The highest BCUT2D eigenvalue weighted by Crippen LogP contribution is 2.48. The summed E-state index contributed by atoms with van der Waals surface area (Å²) in [5, 5.41) is 4.81. The predicted octanol–water partition coefficient (Wildman–Crippen LogP) is 17.7. The second-order valence-electron chi connectivity index (χ2n) is 16.4. The van der Waals surface area contributed by atoms with E-state index in [0.717, 1.165) is 47.0 Å². The summed E-state index contributed by atoms with van der Waals surface area (Å²) in [4.78, 5) is 4.77. The van der Waals surface area contributed by atoms with Crippen molar-refractivity contribution in [3.63, 3.8) is 0 Å². The van der Waals surface area contributed by atoms with Crippen LogP contribution in [-0.4, -0.2) is 0 Å². The van der Waals surface area contributed by atoms with Gasteiger partial charge >= 0.3 is 0 Å². The van der Waals surface area contributed by atoms with E-state index in [4.69, 9.17) is 0 Å². The molecule has 64 heavy (non-hydrogen) atoms. The first-order chi connectivity index (χ1) is 31.8. The maximum absolute atomic E-state index is 2.41. The standard InChI is InChI=1S/C62H46N2/c1-7-19-45(20-8-1)47-31-35-53(36-32-47)63(51-27-15-5-16-28-51)55-39-41-57-59(43-55)61(49-23-11-3-12-24-49)58-42-40-56(44-60(58)62(57)50-25-13-4-14-26-50)64(52-29-17-6-18-30-52)54-37-33-48(34-38-54)46-21-9-2-10-22-46/h1,3-9,11-44H,2,10H2. The third kappa shape index (κ3) is 7.46. The average Bonchev–Trinajstić information content (AvgIpc) is 3.38. The van der Waals surface area contributed by atoms with Crippen LogP contribution >= 0.6 is 0 Å². The van der Waals surface area contributed by atoms with E-state index in [-0.39, 0.29) is 0 Å². The Morgan fingerprint density at radius 1 is 0.266 bits per heavy atom. The molecule has 2 nitrogen and oxygen atoms in total. The highest BCUT2D eigenvalue weighted by Gasteiger charge is 2.22. The molecule has 0 atom stereocenters. The van der Waals surface area contributed by atoms with Crippen molar-refractivity contribution in [3.8, 4) is 33.4 Å². The van der Waals surface area contributed by atoms with Gasteiger partial charge < -0.3 is 9.80 Å². The molecule has 0 spiro atoms. The Morgan fingerprint density at radius 2 is 0.625 bits per heavy atom. The molecule has 0 unspecified atom stereocenters. The largest absolute Gasteiger partial charge is 0.310 e. The van der Waals surface area contributed by atoms with Crippen molar-refractivity contribution in [2.45, 2.75) is 12.8 Å². The van der Waals surface area contributed by atoms with E-state index in [1.807, 2.05) is 0 Å². The molecule has 10 aromatic carbocycles. The van der Waals surface area contributed by atoms with Gasteiger partial charge in [0.1, 0.15) is 0 Å². The summed E-state index contributed by atoms with van der Waals surface area (Å²) in [6, 6.07) is 86.0. The Labute approximate surface area is 376 Å². The quantitative estimate of drug-likeness (QED) is 0.127. The summed E-state index contributed by atoms with van der Waals surface area (Å²) in [6.45, 7) is 0. The fraction of sp³-hybridized carbons (Fsp3) is 0.0323. The minimum absolute atomic E-state index is 1.08. The van der Waals surface area contributed by atoms with Gasteiger partial charge in [0.15, 0.2) is 0 Å². The molecular formula is C62H46N2. The van der Waals surface area contributed by atoms with Crippen LogP contribution in [0, 0.1) is 0 Å². The second-order valence-corrected chi connectivity index (χ2v) is 16.4. The minimum atomic E-state index is 1.08. The molecule has 11 rings (SSSR count). The summed E-state index contributed by atoms with van der Waals surface area (Å²) in [6.07, 6.45) is 9.06. The third-order valence-electron chi connectivity index (χ3n) is 12.4. The number of hydrogen-bond acceptors (Lipinski definition) is 2. The van der Waals surface area contributed by atoms with Gasteiger partial charge in [-0.05, 0) is 152 Å². The number of benzene rings is 10. The van der Waals surface area contributed by atoms with Crippen LogP contribution in [0.5, 0.6) is 0 Å². The van der Waals surface area contributed by atoms with Gasteiger partial charge in [0.05, 0.1) is 0 Å². The van der Waals surface area contributed by atoms with Gasteiger partial charge in [-0.3, -0.25) is 0 Å². The Morgan fingerprint density at radius 3 is 1.05 bits per heavy atom. The molecule has 0 saturated heterocycles. The summed E-state index contributed by atoms with van der Waals surface area (Å²) in [5.41, 5.74) is 16.4. The SMILES string of the molecule is C1=CC(c2ccc(N(c3ccccc3)c3ccc4c(-c5ccccc5)c5cc(N(c6ccccc6)c6ccc(-c7ccccc7)cc6)ccc5c(-c5ccccc5)c4c3)cc2)=CCC1. The van der Waals surface area contributed by atoms with E-state index in [2.05, 4.69) is 265 Å². The fourth-order valence-corrected chi connectivity index (χ4v) is 9.43. The molecule has 0 amide bonds. The van der Waals surface area contributed by atoms with E-state index in [9.17, 15) is 0 Å². The number of allylic oxidation sites excluding steroid dienone is 4.